The van der Waals surface area contributed by atoms with E-state index < -0.39 is 17.8 Å². The quantitative estimate of drug-likeness (QED) is 0.676. The number of aromatic nitrogens is 1. The predicted octanol–water partition coefficient (Wildman–Crippen LogP) is 4.92. The zero-order valence-electron chi connectivity index (χ0n) is 13.8. The smallest absolute Gasteiger partial charge is 0.252 e. The maximum absolute atomic E-state index is 13.8. The Morgan fingerprint density at radius 1 is 1.07 bits per heavy atom. The number of hydrogen-bond acceptors (Lipinski definition) is 3. The molecule has 2 aromatic carbocycles. The molecule has 1 heterocycles. The molecule has 0 aliphatic rings. The average Bonchev–Trinajstić information content (AvgIpc) is 2.67. The standard InChI is InChI=1S/C20H12Cl2FN3O/c21-15-5-3-12(4-6-15)19(18-8-7-16(22)11-25-18)26-20(27)13-1-2-14(10-24)17(23)9-13/h1-9,11,19H,(H,26,27)/t19-/m1/s1. The molecule has 0 aliphatic heterocycles. The van der Waals surface area contributed by atoms with Crippen molar-refractivity contribution in [1.82, 2.24) is 10.3 Å². The fraction of sp³-hybridized carbons (Fsp3) is 0.0500. The Bertz CT molecular complexity index is 969. The molecular formula is C20H12Cl2FN3O. The molecule has 0 radical (unpaired) electrons. The van der Waals surface area contributed by atoms with Gasteiger partial charge in [0.25, 0.3) is 5.91 Å². The molecule has 27 heavy (non-hydrogen) atoms. The fourth-order valence-corrected chi connectivity index (χ4v) is 2.74. The van der Waals surface area contributed by atoms with Gasteiger partial charge >= 0.3 is 0 Å². The molecule has 3 rings (SSSR count). The highest BCUT2D eigenvalue weighted by Crippen LogP contribution is 2.24. The second kappa shape index (κ2) is 8.17. The molecule has 1 atom stereocenters. The lowest BCUT2D eigenvalue weighted by Crippen LogP contribution is -2.30. The van der Waals surface area contributed by atoms with Gasteiger partial charge in [-0.05, 0) is 48.0 Å². The van der Waals surface area contributed by atoms with Crippen molar-refractivity contribution in [1.29, 1.82) is 5.26 Å². The first-order valence-corrected chi connectivity index (χ1v) is 8.61. The Morgan fingerprint density at radius 3 is 2.37 bits per heavy atom. The summed E-state index contributed by atoms with van der Waals surface area (Å²) >= 11 is 11.8. The molecule has 4 nitrogen and oxygen atoms in total. The summed E-state index contributed by atoms with van der Waals surface area (Å²) in [5, 5.41) is 12.7. The van der Waals surface area contributed by atoms with Crippen LogP contribution in [-0.4, -0.2) is 10.9 Å². The van der Waals surface area contributed by atoms with Crippen LogP contribution in [0.2, 0.25) is 10.0 Å². The highest BCUT2D eigenvalue weighted by atomic mass is 35.5. The summed E-state index contributed by atoms with van der Waals surface area (Å²) < 4.78 is 13.8. The van der Waals surface area contributed by atoms with Crippen LogP contribution >= 0.6 is 23.2 Å². The highest BCUT2D eigenvalue weighted by Gasteiger charge is 2.20. The minimum absolute atomic E-state index is 0.0967. The minimum Gasteiger partial charge on any atom is -0.340 e. The number of amides is 1. The molecule has 0 unspecified atom stereocenters. The molecule has 134 valence electrons. The van der Waals surface area contributed by atoms with Crippen LogP contribution in [0.4, 0.5) is 4.39 Å². The molecule has 0 saturated heterocycles. The zero-order chi connectivity index (χ0) is 19.4. The van der Waals surface area contributed by atoms with Crippen molar-refractivity contribution in [2.45, 2.75) is 6.04 Å². The second-order valence-corrected chi connectivity index (χ2v) is 6.54. The van der Waals surface area contributed by atoms with Crippen molar-refractivity contribution < 1.29 is 9.18 Å². The van der Waals surface area contributed by atoms with E-state index in [0.717, 1.165) is 11.6 Å². The molecule has 0 spiro atoms. The molecule has 0 aliphatic carbocycles. The van der Waals surface area contributed by atoms with Crippen molar-refractivity contribution in [3.05, 3.63) is 99.0 Å². The topological polar surface area (TPSA) is 65.8 Å². The van der Waals surface area contributed by atoms with Gasteiger partial charge in [0.15, 0.2) is 0 Å². The Balaban J connectivity index is 1.94. The molecular weight excluding hydrogens is 388 g/mol. The van der Waals surface area contributed by atoms with Crippen LogP contribution in [0.25, 0.3) is 0 Å². The Kier molecular flexibility index (Phi) is 5.70. The summed E-state index contributed by atoms with van der Waals surface area (Å²) in [5.41, 5.74) is 1.28. The van der Waals surface area contributed by atoms with Crippen molar-refractivity contribution in [3.8, 4) is 6.07 Å². The Labute approximate surface area is 165 Å². The van der Waals surface area contributed by atoms with E-state index in [1.165, 1.54) is 18.3 Å². The summed E-state index contributed by atoms with van der Waals surface area (Å²) in [6.45, 7) is 0. The van der Waals surface area contributed by atoms with Gasteiger partial charge in [0.1, 0.15) is 11.9 Å². The summed E-state index contributed by atoms with van der Waals surface area (Å²) in [6, 6.07) is 15.1. The predicted molar refractivity (Wildman–Crippen MR) is 101 cm³/mol. The average molecular weight is 400 g/mol. The summed E-state index contributed by atoms with van der Waals surface area (Å²) in [6.07, 6.45) is 1.48. The van der Waals surface area contributed by atoms with Gasteiger partial charge in [0.05, 0.1) is 22.3 Å². The lowest BCUT2D eigenvalue weighted by Gasteiger charge is -2.19. The third-order valence-corrected chi connectivity index (χ3v) is 4.35. The number of nitrogens with zero attached hydrogens (tertiary/aromatic N) is 2. The number of rotatable bonds is 4. The molecule has 0 saturated carbocycles. The zero-order valence-corrected chi connectivity index (χ0v) is 15.3. The van der Waals surface area contributed by atoms with Gasteiger partial charge in [0.2, 0.25) is 0 Å². The van der Waals surface area contributed by atoms with Crippen LogP contribution < -0.4 is 5.32 Å². The number of hydrogen-bond donors (Lipinski definition) is 1. The normalized spacial score (nSPS) is 11.5. The monoisotopic (exact) mass is 399 g/mol. The first kappa shape index (κ1) is 18.8. The van der Waals surface area contributed by atoms with Gasteiger partial charge in [-0.2, -0.15) is 5.26 Å². The lowest BCUT2D eigenvalue weighted by molar-refractivity contribution is 0.0942. The van der Waals surface area contributed by atoms with Gasteiger partial charge in [0, 0.05) is 16.8 Å². The van der Waals surface area contributed by atoms with Gasteiger partial charge < -0.3 is 5.32 Å². The molecule has 1 N–H and O–H groups in total. The SMILES string of the molecule is N#Cc1ccc(C(=O)N[C@H](c2ccc(Cl)cc2)c2ccc(Cl)cn2)cc1F. The van der Waals surface area contributed by atoms with Crippen LogP contribution in [0.3, 0.4) is 0 Å². The Hall–Kier alpha value is -2.94. The first-order valence-electron chi connectivity index (χ1n) is 7.85. The Morgan fingerprint density at radius 2 is 1.78 bits per heavy atom. The lowest BCUT2D eigenvalue weighted by atomic mass is 10.0. The van der Waals surface area contributed by atoms with Gasteiger partial charge in [-0.1, -0.05) is 35.3 Å². The van der Waals surface area contributed by atoms with E-state index >= 15 is 0 Å². The van der Waals surface area contributed by atoms with Gasteiger partial charge in [-0.25, -0.2) is 4.39 Å². The summed E-state index contributed by atoms with van der Waals surface area (Å²) in [4.78, 5) is 16.9. The summed E-state index contributed by atoms with van der Waals surface area (Å²) in [7, 11) is 0. The molecule has 0 fully saturated rings. The van der Waals surface area contributed by atoms with Crippen molar-refractivity contribution in [2.75, 3.05) is 0 Å². The van der Waals surface area contributed by atoms with E-state index in [-0.39, 0.29) is 11.1 Å². The third kappa shape index (κ3) is 4.43. The molecule has 0 bridgehead atoms. The maximum Gasteiger partial charge on any atom is 0.252 e. The largest absolute Gasteiger partial charge is 0.340 e. The number of nitrogens with one attached hydrogen (secondary N) is 1. The summed E-state index contributed by atoms with van der Waals surface area (Å²) in [5.74, 6) is -1.26. The van der Waals surface area contributed by atoms with Crippen LogP contribution in [0, 0.1) is 17.1 Å². The molecule has 1 aromatic heterocycles. The van der Waals surface area contributed by atoms with Gasteiger partial charge in [-0.15, -0.1) is 0 Å². The van der Waals surface area contributed by atoms with Crippen LogP contribution in [0.1, 0.15) is 33.2 Å². The minimum atomic E-state index is -0.752. The van der Waals surface area contributed by atoms with E-state index in [9.17, 15) is 9.18 Å². The number of halogens is 3. The molecule has 1 amide bonds. The van der Waals surface area contributed by atoms with E-state index in [4.69, 9.17) is 28.5 Å². The third-order valence-electron chi connectivity index (χ3n) is 3.88. The van der Waals surface area contributed by atoms with E-state index in [1.54, 1.807) is 42.5 Å². The number of pyridine rings is 1. The van der Waals surface area contributed by atoms with E-state index in [2.05, 4.69) is 10.3 Å². The number of benzene rings is 2. The van der Waals surface area contributed by atoms with E-state index in [0.29, 0.717) is 15.7 Å². The van der Waals surface area contributed by atoms with Crippen LogP contribution in [0.5, 0.6) is 0 Å². The molecule has 3 aromatic rings. The van der Waals surface area contributed by atoms with E-state index in [1.807, 2.05) is 0 Å². The number of carbonyl (C=O) groups excluding carboxylic acids is 1. The first-order chi connectivity index (χ1) is 13.0. The van der Waals surface area contributed by atoms with Crippen LogP contribution in [0.15, 0.2) is 60.8 Å². The number of carbonyl (C=O) groups is 1. The van der Waals surface area contributed by atoms with Crippen LogP contribution in [-0.2, 0) is 0 Å². The second-order valence-electron chi connectivity index (χ2n) is 5.67. The van der Waals surface area contributed by atoms with Crippen molar-refractivity contribution >= 4 is 29.1 Å². The highest BCUT2D eigenvalue weighted by molar-refractivity contribution is 6.30. The number of nitriles is 1. The van der Waals surface area contributed by atoms with Crippen molar-refractivity contribution in [2.24, 2.45) is 0 Å². The maximum atomic E-state index is 13.8. The van der Waals surface area contributed by atoms with Gasteiger partial charge in [-0.3, -0.25) is 9.78 Å². The molecule has 7 heteroatoms. The fourth-order valence-electron chi connectivity index (χ4n) is 2.50. The van der Waals surface area contributed by atoms with Crippen molar-refractivity contribution in [3.63, 3.8) is 0 Å².